The van der Waals surface area contributed by atoms with Crippen molar-refractivity contribution in [1.82, 2.24) is 24.5 Å². The number of anilines is 1. The van der Waals surface area contributed by atoms with E-state index in [0.717, 1.165) is 67.4 Å². The van der Waals surface area contributed by atoms with Crippen LogP contribution >= 0.6 is 0 Å². The van der Waals surface area contributed by atoms with Crippen LogP contribution in [0.15, 0.2) is 30.6 Å². The molecule has 0 bridgehead atoms. The summed E-state index contributed by atoms with van der Waals surface area (Å²) in [6, 6.07) is 5.45. The Balaban J connectivity index is 1.48. The van der Waals surface area contributed by atoms with Gasteiger partial charge in [-0.05, 0) is 38.0 Å². The number of hydrogen-bond acceptors (Lipinski definition) is 5. The van der Waals surface area contributed by atoms with Crippen LogP contribution in [0.2, 0.25) is 0 Å². The molecule has 1 aliphatic heterocycles. The Hall–Kier alpha value is -2.68. The molecule has 2 aromatic heterocycles. The van der Waals surface area contributed by atoms with Crippen LogP contribution in [0.4, 0.5) is 19.0 Å². The van der Waals surface area contributed by atoms with Gasteiger partial charge >= 0.3 is 6.18 Å². The summed E-state index contributed by atoms with van der Waals surface area (Å²) in [5.41, 5.74) is 2.30. The molecule has 3 heterocycles. The Morgan fingerprint density at radius 2 is 1.76 bits per heavy atom. The predicted molar refractivity (Wildman–Crippen MR) is 104 cm³/mol. The first-order valence-electron chi connectivity index (χ1n) is 9.63. The van der Waals surface area contributed by atoms with Crippen LogP contribution in [0.25, 0.3) is 5.78 Å². The molecule has 3 aromatic rings. The van der Waals surface area contributed by atoms with E-state index in [1.165, 1.54) is 6.33 Å². The molecule has 29 heavy (non-hydrogen) atoms. The van der Waals surface area contributed by atoms with Crippen LogP contribution in [0.3, 0.4) is 0 Å². The fraction of sp³-hybridized carbons (Fsp3) is 0.450. The van der Waals surface area contributed by atoms with Gasteiger partial charge in [0.2, 0.25) is 0 Å². The van der Waals surface area contributed by atoms with Gasteiger partial charge in [0.05, 0.1) is 5.56 Å². The molecule has 0 unspecified atom stereocenters. The van der Waals surface area contributed by atoms with Crippen molar-refractivity contribution in [2.75, 3.05) is 31.1 Å². The molecule has 4 rings (SSSR count). The number of fused-ring (bicyclic) bond motifs is 1. The highest BCUT2D eigenvalue weighted by Crippen LogP contribution is 2.29. The van der Waals surface area contributed by atoms with Crippen LogP contribution in [-0.2, 0) is 12.7 Å². The fourth-order valence-electron chi connectivity index (χ4n) is 3.78. The van der Waals surface area contributed by atoms with Crippen molar-refractivity contribution in [2.24, 2.45) is 0 Å². The third-order valence-corrected chi connectivity index (χ3v) is 5.45. The summed E-state index contributed by atoms with van der Waals surface area (Å²) in [4.78, 5) is 13.3. The zero-order valence-corrected chi connectivity index (χ0v) is 16.4. The Bertz CT molecular complexity index is 996. The maximum atomic E-state index is 12.8. The van der Waals surface area contributed by atoms with E-state index in [0.29, 0.717) is 12.3 Å². The Kier molecular flexibility index (Phi) is 5.16. The topological polar surface area (TPSA) is 49.6 Å². The highest BCUT2D eigenvalue weighted by molar-refractivity contribution is 5.54. The average molecular weight is 404 g/mol. The molecule has 0 spiro atoms. The molecule has 9 heteroatoms. The Morgan fingerprint density at radius 3 is 2.48 bits per heavy atom. The molecule has 0 radical (unpaired) electrons. The molecular formula is C20H23F3N6. The van der Waals surface area contributed by atoms with E-state index in [1.807, 2.05) is 13.8 Å². The molecule has 0 N–H and O–H groups in total. The van der Waals surface area contributed by atoms with Crippen molar-refractivity contribution in [2.45, 2.75) is 33.0 Å². The molecule has 154 valence electrons. The minimum atomic E-state index is -4.30. The van der Waals surface area contributed by atoms with Crippen molar-refractivity contribution < 1.29 is 13.2 Å². The third-order valence-electron chi connectivity index (χ3n) is 5.45. The van der Waals surface area contributed by atoms with E-state index in [-0.39, 0.29) is 0 Å². The minimum Gasteiger partial charge on any atom is -0.355 e. The van der Waals surface area contributed by atoms with E-state index in [1.54, 1.807) is 16.6 Å². The molecule has 1 aliphatic rings. The predicted octanol–water partition coefficient (Wildman–Crippen LogP) is 3.47. The second-order valence-corrected chi connectivity index (χ2v) is 7.43. The summed E-state index contributed by atoms with van der Waals surface area (Å²) in [5, 5.41) is 4.34. The second-order valence-electron chi connectivity index (χ2n) is 7.43. The smallest absolute Gasteiger partial charge is 0.355 e. The Morgan fingerprint density at radius 1 is 1.00 bits per heavy atom. The quantitative estimate of drug-likeness (QED) is 0.669. The van der Waals surface area contributed by atoms with E-state index < -0.39 is 11.7 Å². The molecule has 1 saturated heterocycles. The van der Waals surface area contributed by atoms with Gasteiger partial charge in [-0.15, -0.1) is 0 Å². The molecule has 1 aromatic carbocycles. The summed E-state index contributed by atoms with van der Waals surface area (Å²) in [5.74, 6) is 1.61. The first-order valence-corrected chi connectivity index (χ1v) is 9.63. The fourth-order valence-corrected chi connectivity index (χ4v) is 3.78. The van der Waals surface area contributed by atoms with Gasteiger partial charge in [0.1, 0.15) is 12.1 Å². The SMILES string of the molecule is Cc1nc2ncnn2c(N2CCCN(Cc3ccc(C(F)(F)F)cc3)CC2)c1C. The molecule has 6 nitrogen and oxygen atoms in total. The average Bonchev–Trinajstić information content (AvgIpc) is 3.01. The summed E-state index contributed by atoms with van der Waals surface area (Å²) >= 11 is 0. The standard InChI is InChI=1S/C20H23F3N6/c1-14-15(2)26-19-24-13-25-29(19)18(14)28-9-3-8-27(10-11-28)12-16-4-6-17(7-5-16)20(21,22)23/h4-7,13H,3,8-12H2,1-2H3. The lowest BCUT2D eigenvalue weighted by Gasteiger charge is -2.26. The van der Waals surface area contributed by atoms with Gasteiger partial charge in [0, 0.05) is 44.0 Å². The lowest BCUT2D eigenvalue weighted by Crippen LogP contribution is -2.32. The first-order chi connectivity index (χ1) is 13.8. The van der Waals surface area contributed by atoms with Gasteiger partial charge in [0.25, 0.3) is 5.78 Å². The minimum absolute atomic E-state index is 0.592. The monoisotopic (exact) mass is 404 g/mol. The maximum absolute atomic E-state index is 12.8. The number of benzene rings is 1. The number of aryl methyl sites for hydroxylation is 1. The molecule has 0 saturated carbocycles. The molecule has 0 amide bonds. The zero-order chi connectivity index (χ0) is 20.6. The normalized spacial score (nSPS) is 16.4. The van der Waals surface area contributed by atoms with Gasteiger partial charge in [-0.1, -0.05) is 12.1 Å². The van der Waals surface area contributed by atoms with Crippen molar-refractivity contribution in [3.05, 3.63) is 53.0 Å². The van der Waals surface area contributed by atoms with Gasteiger partial charge in [-0.25, -0.2) is 4.98 Å². The lowest BCUT2D eigenvalue weighted by molar-refractivity contribution is -0.137. The number of halogens is 3. The van der Waals surface area contributed by atoms with Crippen molar-refractivity contribution in [1.29, 1.82) is 0 Å². The largest absolute Gasteiger partial charge is 0.416 e. The number of alkyl halides is 3. The van der Waals surface area contributed by atoms with Gasteiger partial charge in [0.15, 0.2) is 0 Å². The lowest BCUT2D eigenvalue weighted by atomic mass is 10.1. The van der Waals surface area contributed by atoms with E-state index in [4.69, 9.17) is 0 Å². The summed E-state index contributed by atoms with van der Waals surface area (Å²) in [6.45, 7) is 8.05. The summed E-state index contributed by atoms with van der Waals surface area (Å²) in [7, 11) is 0. The second kappa shape index (κ2) is 7.62. The van der Waals surface area contributed by atoms with Crippen LogP contribution in [0.1, 0.15) is 28.8 Å². The number of hydrogen-bond donors (Lipinski definition) is 0. The highest BCUT2D eigenvalue weighted by Gasteiger charge is 2.30. The van der Waals surface area contributed by atoms with Gasteiger partial charge < -0.3 is 4.90 Å². The number of nitrogens with zero attached hydrogens (tertiary/aromatic N) is 6. The first kappa shape index (κ1) is 19.6. The van der Waals surface area contributed by atoms with Crippen molar-refractivity contribution in [3.8, 4) is 0 Å². The van der Waals surface area contributed by atoms with E-state index >= 15 is 0 Å². The van der Waals surface area contributed by atoms with Gasteiger partial charge in [-0.2, -0.15) is 27.8 Å². The van der Waals surface area contributed by atoms with E-state index in [9.17, 15) is 13.2 Å². The number of rotatable bonds is 3. The van der Waals surface area contributed by atoms with Crippen LogP contribution in [-0.4, -0.2) is 50.7 Å². The van der Waals surface area contributed by atoms with Crippen molar-refractivity contribution in [3.63, 3.8) is 0 Å². The van der Waals surface area contributed by atoms with Gasteiger partial charge in [-0.3, -0.25) is 4.90 Å². The third kappa shape index (κ3) is 4.05. The van der Waals surface area contributed by atoms with Crippen LogP contribution in [0, 0.1) is 13.8 Å². The molecule has 0 atom stereocenters. The van der Waals surface area contributed by atoms with Crippen LogP contribution < -0.4 is 4.90 Å². The molecule has 1 fully saturated rings. The summed E-state index contributed by atoms with van der Waals surface area (Å²) < 4.78 is 40.0. The number of aromatic nitrogens is 4. The van der Waals surface area contributed by atoms with Crippen LogP contribution in [0.5, 0.6) is 0 Å². The zero-order valence-electron chi connectivity index (χ0n) is 16.4. The Labute approximate surface area is 167 Å². The molecule has 0 aliphatic carbocycles. The maximum Gasteiger partial charge on any atom is 0.416 e. The van der Waals surface area contributed by atoms with Crippen molar-refractivity contribution >= 4 is 11.6 Å². The highest BCUT2D eigenvalue weighted by atomic mass is 19.4. The summed E-state index contributed by atoms with van der Waals surface area (Å²) in [6.07, 6.45) is -1.83. The molecular weight excluding hydrogens is 381 g/mol. The van der Waals surface area contributed by atoms with E-state index in [2.05, 4.69) is 24.9 Å².